The number of aromatic nitrogens is 2. The highest BCUT2D eigenvalue weighted by molar-refractivity contribution is 5.00. The fourth-order valence-electron chi connectivity index (χ4n) is 0.637. The summed E-state index contributed by atoms with van der Waals surface area (Å²) in [4.78, 5) is 0. The molecule has 1 aromatic heterocycles. The number of hydrogen-bond donors (Lipinski definition) is 2. The van der Waals surface area contributed by atoms with Gasteiger partial charge < -0.3 is 10.2 Å². The van der Waals surface area contributed by atoms with Gasteiger partial charge in [0.05, 0.1) is 5.69 Å². The lowest BCUT2D eigenvalue weighted by atomic mass is 10.4. The molecule has 0 atom stereocenters. The predicted molar refractivity (Wildman–Crippen MR) is 30.4 cm³/mol. The molecule has 0 aliphatic carbocycles. The van der Waals surface area contributed by atoms with Crippen molar-refractivity contribution in [1.82, 2.24) is 9.78 Å². The number of hydrogen-bond acceptors (Lipinski definition) is 3. The molecule has 0 unspecified atom stereocenters. The smallest absolute Gasteiger partial charge is 0.195 e. The maximum Gasteiger partial charge on any atom is 0.195 e. The van der Waals surface area contributed by atoms with Crippen LogP contribution >= 0.6 is 0 Å². The van der Waals surface area contributed by atoms with Crippen molar-refractivity contribution in [1.29, 1.82) is 0 Å². The first-order valence-electron chi connectivity index (χ1n) is 2.56. The summed E-state index contributed by atoms with van der Waals surface area (Å²) in [6.07, 6.45) is 0.0897. The molecule has 0 fully saturated rings. The zero-order valence-electron chi connectivity index (χ0n) is 5.02. The molecule has 0 saturated heterocycles. The van der Waals surface area contributed by atoms with Gasteiger partial charge in [-0.25, -0.2) is 0 Å². The summed E-state index contributed by atoms with van der Waals surface area (Å²) in [6.45, 7) is 0. The maximum atomic E-state index is 8.59. The van der Waals surface area contributed by atoms with Crippen molar-refractivity contribution >= 4 is 0 Å². The van der Waals surface area contributed by atoms with Crippen molar-refractivity contribution in [2.75, 3.05) is 0 Å². The minimum Gasteiger partial charge on any atom is -0.363 e. The Morgan fingerprint density at radius 2 is 2.33 bits per heavy atom. The molecule has 4 heteroatoms. The van der Waals surface area contributed by atoms with Gasteiger partial charge in [0.25, 0.3) is 0 Å². The van der Waals surface area contributed by atoms with Crippen molar-refractivity contribution in [2.24, 2.45) is 7.05 Å². The molecule has 0 radical (unpaired) electrons. The summed E-state index contributed by atoms with van der Waals surface area (Å²) in [5, 5.41) is 20.9. The highest BCUT2D eigenvalue weighted by Gasteiger charge is 2.04. The van der Waals surface area contributed by atoms with E-state index in [9.17, 15) is 0 Å². The van der Waals surface area contributed by atoms with E-state index in [1.807, 2.05) is 0 Å². The SMILES string of the molecule is Cn1nccc1C(O)O. The van der Waals surface area contributed by atoms with Crippen molar-refractivity contribution in [3.8, 4) is 0 Å². The lowest BCUT2D eigenvalue weighted by Gasteiger charge is -2.01. The fraction of sp³-hybridized carbons (Fsp3) is 0.400. The van der Waals surface area contributed by atoms with Crippen LogP contribution in [0.2, 0.25) is 0 Å². The van der Waals surface area contributed by atoms with Crippen molar-refractivity contribution in [2.45, 2.75) is 6.29 Å². The van der Waals surface area contributed by atoms with Gasteiger partial charge in [0.2, 0.25) is 0 Å². The van der Waals surface area contributed by atoms with E-state index in [1.54, 1.807) is 13.1 Å². The number of aliphatic hydroxyl groups is 2. The minimum absolute atomic E-state index is 0.398. The first-order valence-corrected chi connectivity index (χ1v) is 2.56. The molecule has 0 aromatic carbocycles. The van der Waals surface area contributed by atoms with Gasteiger partial charge in [0.1, 0.15) is 0 Å². The van der Waals surface area contributed by atoms with Gasteiger partial charge in [-0.05, 0) is 6.07 Å². The monoisotopic (exact) mass is 128 g/mol. The van der Waals surface area contributed by atoms with Crippen molar-refractivity contribution in [3.05, 3.63) is 18.0 Å². The molecule has 9 heavy (non-hydrogen) atoms. The summed E-state index contributed by atoms with van der Waals surface area (Å²) < 4.78 is 1.41. The first kappa shape index (κ1) is 6.25. The number of nitrogens with zero attached hydrogens (tertiary/aromatic N) is 2. The Kier molecular flexibility index (Phi) is 1.50. The van der Waals surface area contributed by atoms with Gasteiger partial charge >= 0.3 is 0 Å². The third kappa shape index (κ3) is 1.09. The molecular formula is C5H8N2O2. The topological polar surface area (TPSA) is 58.3 Å². The Labute approximate surface area is 52.4 Å². The van der Waals surface area contributed by atoms with Gasteiger partial charge in [-0.3, -0.25) is 4.68 Å². The molecule has 0 aliphatic heterocycles. The van der Waals surface area contributed by atoms with E-state index in [0.29, 0.717) is 5.69 Å². The molecule has 1 aromatic rings. The van der Waals surface area contributed by atoms with Crippen LogP contribution in [0.5, 0.6) is 0 Å². The van der Waals surface area contributed by atoms with E-state index in [4.69, 9.17) is 10.2 Å². The molecule has 1 rings (SSSR count). The molecule has 0 amide bonds. The van der Waals surface area contributed by atoms with Crippen LogP contribution in [0, 0.1) is 0 Å². The van der Waals surface area contributed by atoms with E-state index < -0.39 is 6.29 Å². The van der Waals surface area contributed by atoms with Crippen LogP contribution in [0.3, 0.4) is 0 Å². The number of aliphatic hydroxyl groups excluding tert-OH is 1. The summed E-state index contributed by atoms with van der Waals surface area (Å²) in [5.74, 6) is 0. The fourth-order valence-corrected chi connectivity index (χ4v) is 0.637. The highest BCUT2D eigenvalue weighted by atomic mass is 16.5. The summed E-state index contributed by atoms with van der Waals surface area (Å²) in [5.41, 5.74) is 0.398. The van der Waals surface area contributed by atoms with Crippen LogP contribution in [0.15, 0.2) is 12.3 Å². The van der Waals surface area contributed by atoms with Gasteiger partial charge in [0, 0.05) is 13.2 Å². The van der Waals surface area contributed by atoms with Gasteiger partial charge in [0.15, 0.2) is 6.29 Å². The Morgan fingerprint density at radius 3 is 2.56 bits per heavy atom. The van der Waals surface area contributed by atoms with E-state index >= 15 is 0 Å². The second kappa shape index (κ2) is 2.16. The average Bonchev–Trinajstić information content (AvgIpc) is 2.13. The second-order valence-electron chi connectivity index (χ2n) is 1.75. The Hall–Kier alpha value is -0.870. The quantitative estimate of drug-likeness (QED) is 0.497. The predicted octanol–water partition coefficient (Wildman–Crippen LogP) is -0.597. The van der Waals surface area contributed by atoms with Crippen LogP contribution in [0.25, 0.3) is 0 Å². The molecule has 0 bridgehead atoms. The first-order chi connectivity index (χ1) is 4.22. The zero-order chi connectivity index (χ0) is 6.85. The van der Waals surface area contributed by atoms with E-state index in [1.165, 1.54) is 10.9 Å². The number of aryl methyl sites for hydroxylation is 1. The molecule has 0 aliphatic rings. The Morgan fingerprint density at radius 1 is 1.67 bits per heavy atom. The van der Waals surface area contributed by atoms with Crippen LogP contribution in [-0.2, 0) is 7.05 Å². The Balaban J connectivity index is 2.94. The van der Waals surface area contributed by atoms with Crippen LogP contribution in [0.1, 0.15) is 12.0 Å². The third-order valence-corrected chi connectivity index (χ3v) is 1.12. The molecular weight excluding hydrogens is 120 g/mol. The minimum atomic E-state index is -1.42. The van der Waals surface area contributed by atoms with Crippen molar-refractivity contribution < 1.29 is 10.2 Å². The zero-order valence-corrected chi connectivity index (χ0v) is 5.02. The lowest BCUT2D eigenvalue weighted by molar-refractivity contribution is -0.0484. The van der Waals surface area contributed by atoms with Crippen LogP contribution in [0.4, 0.5) is 0 Å². The standard InChI is InChI=1S/C5H8N2O2/c1-7-4(5(8)9)2-3-6-7/h2-3,5,8-9H,1H3. The Bertz CT molecular complexity index is 195. The summed E-state index contributed by atoms with van der Waals surface area (Å²) >= 11 is 0. The largest absolute Gasteiger partial charge is 0.363 e. The summed E-state index contributed by atoms with van der Waals surface area (Å²) in [7, 11) is 1.65. The number of rotatable bonds is 1. The highest BCUT2D eigenvalue weighted by Crippen LogP contribution is 2.05. The van der Waals surface area contributed by atoms with E-state index in [2.05, 4.69) is 5.10 Å². The van der Waals surface area contributed by atoms with Crippen LogP contribution in [-0.4, -0.2) is 20.0 Å². The molecule has 0 saturated carbocycles. The summed E-state index contributed by atoms with van der Waals surface area (Å²) in [6, 6.07) is 1.55. The molecule has 4 nitrogen and oxygen atoms in total. The molecule has 1 heterocycles. The van der Waals surface area contributed by atoms with Gasteiger partial charge in [-0.15, -0.1) is 0 Å². The normalized spacial score (nSPS) is 10.7. The maximum absolute atomic E-state index is 8.59. The van der Waals surface area contributed by atoms with Crippen molar-refractivity contribution in [3.63, 3.8) is 0 Å². The lowest BCUT2D eigenvalue weighted by Crippen LogP contribution is -2.03. The van der Waals surface area contributed by atoms with Gasteiger partial charge in [-0.2, -0.15) is 5.10 Å². The second-order valence-corrected chi connectivity index (χ2v) is 1.75. The molecule has 0 spiro atoms. The van der Waals surface area contributed by atoms with Gasteiger partial charge in [-0.1, -0.05) is 0 Å². The van der Waals surface area contributed by atoms with Crippen LogP contribution < -0.4 is 0 Å². The molecule has 2 N–H and O–H groups in total. The van der Waals surface area contributed by atoms with E-state index in [-0.39, 0.29) is 0 Å². The van der Waals surface area contributed by atoms with E-state index in [0.717, 1.165) is 0 Å². The third-order valence-electron chi connectivity index (χ3n) is 1.12. The average molecular weight is 128 g/mol. The molecule has 50 valence electrons.